The van der Waals surface area contributed by atoms with Crippen LogP contribution in [-0.2, 0) is 9.59 Å². The first kappa shape index (κ1) is 14.7. The minimum Gasteiger partial charge on any atom is -0.342 e. The third kappa shape index (κ3) is 3.01. The summed E-state index contributed by atoms with van der Waals surface area (Å²) in [6.07, 6.45) is -1.67. The highest BCUT2D eigenvalue weighted by molar-refractivity contribution is 5.89. The van der Waals surface area contributed by atoms with Crippen molar-refractivity contribution in [2.24, 2.45) is 11.8 Å². The minimum atomic E-state index is -4.25. The van der Waals surface area contributed by atoms with Gasteiger partial charge in [0.25, 0.3) is 0 Å². The van der Waals surface area contributed by atoms with Crippen LogP contribution in [0.2, 0.25) is 0 Å². The first-order valence-electron chi connectivity index (χ1n) is 7.51. The zero-order chi connectivity index (χ0) is 15.2. The van der Waals surface area contributed by atoms with Crippen LogP contribution < -0.4 is 0 Å². The van der Waals surface area contributed by atoms with Crippen molar-refractivity contribution in [2.75, 3.05) is 19.6 Å². The van der Waals surface area contributed by atoms with Gasteiger partial charge in [0.2, 0.25) is 11.8 Å². The van der Waals surface area contributed by atoms with Crippen LogP contribution in [0.5, 0.6) is 0 Å². The van der Waals surface area contributed by atoms with Gasteiger partial charge in [-0.1, -0.05) is 0 Å². The average Bonchev–Trinajstić information content (AvgIpc) is 3.20. The smallest absolute Gasteiger partial charge is 0.342 e. The zero-order valence-corrected chi connectivity index (χ0v) is 11.7. The van der Waals surface area contributed by atoms with Crippen LogP contribution >= 0.6 is 0 Å². The number of hydrogen-bond acceptors (Lipinski definition) is 2. The normalized spacial score (nSPS) is 30.9. The van der Waals surface area contributed by atoms with Crippen molar-refractivity contribution in [1.29, 1.82) is 0 Å². The van der Waals surface area contributed by atoms with E-state index >= 15 is 0 Å². The van der Waals surface area contributed by atoms with Gasteiger partial charge >= 0.3 is 6.18 Å². The van der Waals surface area contributed by atoms with Crippen molar-refractivity contribution < 1.29 is 22.8 Å². The molecule has 0 spiro atoms. The third-order valence-corrected chi connectivity index (χ3v) is 4.69. The molecule has 4 nitrogen and oxygen atoms in total. The summed E-state index contributed by atoms with van der Waals surface area (Å²) in [7, 11) is 0. The summed E-state index contributed by atoms with van der Waals surface area (Å²) in [5.74, 6) is -2.18. The Balaban J connectivity index is 1.61. The molecule has 2 aliphatic heterocycles. The molecule has 0 radical (unpaired) electrons. The Labute approximate surface area is 121 Å². The van der Waals surface area contributed by atoms with Gasteiger partial charge in [-0.3, -0.25) is 9.59 Å². The number of piperidine rings is 1. The second-order valence-corrected chi connectivity index (χ2v) is 6.34. The fraction of sp³-hybridized carbons (Fsp3) is 0.857. The largest absolute Gasteiger partial charge is 0.393 e. The number of nitrogens with zero attached hydrogens (tertiary/aromatic N) is 2. The summed E-state index contributed by atoms with van der Waals surface area (Å²) in [4.78, 5) is 27.3. The van der Waals surface area contributed by atoms with E-state index in [0.29, 0.717) is 19.5 Å². The lowest BCUT2D eigenvalue weighted by atomic mass is 9.96. The molecule has 2 amide bonds. The molecule has 0 aromatic rings. The molecule has 0 N–H and O–H groups in total. The number of carbonyl (C=O) groups is 2. The topological polar surface area (TPSA) is 40.6 Å². The van der Waals surface area contributed by atoms with Gasteiger partial charge < -0.3 is 9.80 Å². The van der Waals surface area contributed by atoms with E-state index in [0.717, 1.165) is 12.8 Å². The molecule has 0 aromatic heterocycles. The summed E-state index contributed by atoms with van der Waals surface area (Å²) in [6.45, 7) is 0.505. The van der Waals surface area contributed by atoms with E-state index in [2.05, 4.69) is 0 Å². The van der Waals surface area contributed by atoms with Gasteiger partial charge in [0.15, 0.2) is 0 Å². The van der Waals surface area contributed by atoms with E-state index in [9.17, 15) is 22.8 Å². The molecule has 3 fully saturated rings. The molecule has 1 aliphatic carbocycles. The molecule has 0 bridgehead atoms. The maximum atomic E-state index is 12.8. The zero-order valence-electron chi connectivity index (χ0n) is 11.7. The predicted molar refractivity (Wildman–Crippen MR) is 68.2 cm³/mol. The maximum Gasteiger partial charge on any atom is 0.393 e. The van der Waals surface area contributed by atoms with Crippen LogP contribution in [0, 0.1) is 11.8 Å². The highest BCUT2D eigenvalue weighted by Crippen LogP contribution is 2.36. The van der Waals surface area contributed by atoms with Gasteiger partial charge in [-0.25, -0.2) is 0 Å². The monoisotopic (exact) mass is 304 g/mol. The maximum absolute atomic E-state index is 12.8. The molecule has 2 heterocycles. The van der Waals surface area contributed by atoms with Gasteiger partial charge in [0.05, 0.1) is 11.8 Å². The van der Waals surface area contributed by atoms with Crippen molar-refractivity contribution in [3.05, 3.63) is 0 Å². The molecule has 3 rings (SSSR count). The Hall–Kier alpha value is -1.27. The SMILES string of the molecule is O=C([C@H]1CC(=O)N(C2CC2)C1)N1CCC[C@@H](C(F)(F)F)C1. The van der Waals surface area contributed by atoms with E-state index in [1.54, 1.807) is 4.90 Å². The van der Waals surface area contributed by atoms with E-state index in [-0.39, 0.29) is 37.2 Å². The number of alkyl halides is 3. The number of amides is 2. The second-order valence-electron chi connectivity index (χ2n) is 6.34. The highest BCUT2D eigenvalue weighted by atomic mass is 19.4. The minimum absolute atomic E-state index is 0.0276. The molecule has 3 aliphatic rings. The first-order valence-corrected chi connectivity index (χ1v) is 7.51. The van der Waals surface area contributed by atoms with E-state index in [1.807, 2.05) is 0 Å². The fourth-order valence-electron chi connectivity index (χ4n) is 3.34. The van der Waals surface area contributed by atoms with Gasteiger partial charge in [0.1, 0.15) is 0 Å². The average molecular weight is 304 g/mol. The van der Waals surface area contributed by atoms with Crippen LogP contribution in [0.1, 0.15) is 32.1 Å². The molecule has 2 atom stereocenters. The van der Waals surface area contributed by atoms with Gasteiger partial charge in [-0.15, -0.1) is 0 Å². The molecular formula is C14H19F3N2O2. The lowest BCUT2D eigenvalue weighted by molar-refractivity contribution is -0.188. The second kappa shape index (κ2) is 5.18. The summed E-state index contributed by atoms with van der Waals surface area (Å²) >= 11 is 0. The summed E-state index contributed by atoms with van der Waals surface area (Å²) in [5, 5.41) is 0. The van der Waals surface area contributed by atoms with Crippen LogP contribution in [0.25, 0.3) is 0 Å². The van der Waals surface area contributed by atoms with Gasteiger partial charge in [0, 0.05) is 32.1 Å². The van der Waals surface area contributed by atoms with Crippen molar-refractivity contribution in [2.45, 2.75) is 44.3 Å². The lowest BCUT2D eigenvalue weighted by Crippen LogP contribution is -2.47. The van der Waals surface area contributed by atoms with Crippen LogP contribution in [0.15, 0.2) is 0 Å². The Kier molecular flexibility index (Phi) is 3.61. The third-order valence-electron chi connectivity index (χ3n) is 4.69. The van der Waals surface area contributed by atoms with Crippen molar-refractivity contribution in [3.63, 3.8) is 0 Å². The molecule has 21 heavy (non-hydrogen) atoms. The molecule has 0 aromatic carbocycles. The molecule has 2 saturated heterocycles. The first-order chi connectivity index (χ1) is 9.86. The molecule has 1 saturated carbocycles. The number of likely N-dealkylation sites (tertiary alicyclic amines) is 2. The molecular weight excluding hydrogens is 285 g/mol. The van der Waals surface area contributed by atoms with Gasteiger partial charge in [-0.05, 0) is 25.7 Å². The summed E-state index contributed by atoms with van der Waals surface area (Å²) < 4.78 is 38.4. The quantitative estimate of drug-likeness (QED) is 0.780. The molecule has 0 unspecified atom stereocenters. The van der Waals surface area contributed by atoms with E-state index in [4.69, 9.17) is 0 Å². The van der Waals surface area contributed by atoms with E-state index in [1.165, 1.54) is 4.90 Å². The Morgan fingerprint density at radius 2 is 1.86 bits per heavy atom. The standard InChI is InChI=1S/C14H19F3N2O2/c15-14(16,17)10-2-1-5-18(8-10)13(21)9-6-12(20)19(7-9)11-3-4-11/h9-11H,1-8H2/t9-,10+/m0/s1. The van der Waals surface area contributed by atoms with Crippen molar-refractivity contribution in [3.8, 4) is 0 Å². The van der Waals surface area contributed by atoms with Crippen LogP contribution in [0.4, 0.5) is 13.2 Å². The number of halogens is 3. The van der Waals surface area contributed by atoms with Crippen molar-refractivity contribution in [1.82, 2.24) is 9.80 Å². The fourth-order valence-corrected chi connectivity index (χ4v) is 3.34. The summed E-state index contributed by atoms with van der Waals surface area (Å²) in [6, 6.07) is 0.263. The number of carbonyl (C=O) groups excluding carboxylic acids is 2. The summed E-state index contributed by atoms with van der Waals surface area (Å²) in [5.41, 5.74) is 0. The van der Waals surface area contributed by atoms with Gasteiger partial charge in [-0.2, -0.15) is 13.2 Å². The molecule has 7 heteroatoms. The number of hydrogen-bond donors (Lipinski definition) is 0. The predicted octanol–water partition coefficient (Wildman–Crippen LogP) is 1.80. The number of rotatable bonds is 2. The Morgan fingerprint density at radius 1 is 1.14 bits per heavy atom. The van der Waals surface area contributed by atoms with Crippen LogP contribution in [-0.4, -0.2) is 53.5 Å². The molecule has 118 valence electrons. The van der Waals surface area contributed by atoms with Crippen molar-refractivity contribution >= 4 is 11.8 Å². The lowest BCUT2D eigenvalue weighted by Gasteiger charge is -2.35. The Bertz CT molecular complexity index is 448. The highest BCUT2D eigenvalue weighted by Gasteiger charge is 2.46. The van der Waals surface area contributed by atoms with Crippen LogP contribution in [0.3, 0.4) is 0 Å². The van der Waals surface area contributed by atoms with E-state index < -0.39 is 18.0 Å². The Morgan fingerprint density at radius 3 is 2.48 bits per heavy atom.